The first kappa shape index (κ1) is 22.0. The van der Waals surface area contributed by atoms with Gasteiger partial charge in [-0.1, -0.05) is 49.2 Å². The van der Waals surface area contributed by atoms with Crippen LogP contribution in [0.1, 0.15) is 49.7 Å². The van der Waals surface area contributed by atoms with Crippen LogP contribution in [0.2, 0.25) is 0 Å². The number of carbonyl (C=O) groups excluding carboxylic acids is 1. The van der Waals surface area contributed by atoms with Crippen LogP contribution < -0.4 is 0 Å². The molecule has 1 N–H and O–H groups in total. The van der Waals surface area contributed by atoms with Gasteiger partial charge < -0.3 is 14.3 Å². The lowest BCUT2D eigenvalue weighted by Gasteiger charge is -2.37. The van der Waals surface area contributed by atoms with Crippen LogP contribution >= 0.6 is 0 Å². The summed E-state index contributed by atoms with van der Waals surface area (Å²) in [4.78, 5) is 17.5. The SMILES string of the molecule is C[N+]1(CCc2cccnc2)CCC[C@@H]1COC(=O)C(O)(c1ccccc1)C1CCCC1. The fourth-order valence-corrected chi connectivity index (χ4v) is 5.51. The molecule has 0 radical (unpaired) electrons. The number of rotatable bonds is 8. The van der Waals surface area contributed by atoms with E-state index < -0.39 is 11.6 Å². The predicted octanol–water partition coefficient (Wildman–Crippen LogP) is 3.85. The van der Waals surface area contributed by atoms with E-state index in [1.165, 1.54) is 5.56 Å². The van der Waals surface area contributed by atoms with Gasteiger partial charge in [-0.3, -0.25) is 4.98 Å². The summed E-state index contributed by atoms with van der Waals surface area (Å²) in [5, 5.41) is 11.6. The van der Waals surface area contributed by atoms with Crippen molar-refractivity contribution in [3.63, 3.8) is 0 Å². The Labute approximate surface area is 185 Å². The van der Waals surface area contributed by atoms with Crippen molar-refractivity contribution in [1.82, 2.24) is 4.98 Å². The van der Waals surface area contributed by atoms with Crippen molar-refractivity contribution in [3.05, 3.63) is 66.0 Å². The zero-order chi connectivity index (χ0) is 21.7. The Bertz CT molecular complexity index is 853. The average Bonchev–Trinajstić information content (AvgIpc) is 3.48. The molecule has 1 aliphatic carbocycles. The Morgan fingerprint density at radius 3 is 2.61 bits per heavy atom. The maximum Gasteiger partial charge on any atom is 0.343 e. The van der Waals surface area contributed by atoms with Gasteiger partial charge in [0.2, 0.25) is 0 Å². The van der Waals surface area contributed by atoms with Gasteiger partial charge in [-0.05, 0) is 30.0 Å². The summed E-state index contributed by atoms with van der Waals surface area (Å²) in [5.74, 6) is -0.547. The fraction of sp³-hybridized carbons (Fsp3) is 0.538. The first-order valence-corrected chi connectivity index (χ1v) is 11.7. The summed E-state index contributed by atoms with van der Waals surface area (Å²) in [6, 6.07) is 13.7. The molecule has 4 rings (SSSR count). The lowest BCUT2D eigenvalue weighted by atomic mass is 9.80. The monoisotopic (exact) mass is 423 g/mol. The number of pyridine rings is 1. The minimum atomic E-state index is -1.55. The number of carbonyl (C=O) groups is 1. The van der Waals surface area contributed by atoms with Gasteiger partial charge in [0.1, 0.15) is 12.6 Å². The molecule has 0 bridgehead atoms. The van der Waals surface area contributed by atoms with Crippen molar-refractivity contribution < 1.29 is 19.1 Å². The van der Waals surface area contributed by atoms with Crippen molar-refractivity contribution in [2.24, 2.45) is 5.92 Å². The van der Waals surface area contributed by atoms with Crippen LogP contribution in [0.25, 0.3) is 0 Å². The third kappa shape index (κ3) is 4.68. The van der Waals surface area contributed by atoms with Crippen molar-refractivity contribution in [3.8, 4) is 0 Å². The summed E-state index contributed by atoms with van der Waals surface area (Å²) in [6.45, 7) is 2.46. The average molecular weight is 424 g/mol. The Balaban J connectivity index is 1.43. The molecule has 5 heteroatoms. The van der Waals surface area contributed by atoms with Gasteiger partial charge in [0.05, 0.1) is 20.1 Å². The van der Waals surface area contributed by atoms with Crippen LogP contribution in [0, 0.1) is 5.92 Å². The number of aromatic nitrogens is 1. The van der Waals surface area contributed by atoms with E-state index in [-0.39, 0.29) is 12.0 Å². The number of likely N-dealkylation sites (tertiary alicyclic amines) is 1. The largest absolute Gasteiger partial charge is 0.457 e. The summed E-state index contributed by atoms with van der Waals surface area (Å²) >= 11 is 0. The molecule has 1 aromatic carbocycles. The molecule has 1 aliphatic heterocycles. The molecule has 3 atom stereocenters. The molecule has 5 nitrogen and oxygen atoms in total. The fourth-order valence-electron chi connectivity index (χ4n) is 5.51. The van der Waals surface area contributed by atoms with E-state index in [2.05, 4.69) is 18.1 Å². The van der Waals surface area contributed by atoms with Crippen LogP contribution in [-0.2, 0) is 21.6 Å². The number of benzene rings is 1. The minimum absolute atomic E-state index is 0.0718. The van der Waals surface area contributed by atoms with Gasteiger partial charge in [-0.15, -0.1) is 0 Å². The molecule has 1 aromatic heterocycles. The van der Waals surface area contributed by atoms with Crippen molar-refractivity contribution in [2.45, 2.75) is 56.6 Å². The number of hydrogen-bond donors (Lipinski definition) is 1. The molecule has 2 aliphatic rings. The van der Waals surface area contributed by atoms with E-state index in [1.54, 1.807) is 6.20 Å². The van der Waals surface area contributed by atoms with Gasteiger partial charge in [0, 0.05) is 37.6 Å². The lowest BCUT2D eigenvalue weighted by Crippen LogP contribution is -2.52. The van der Waals surface area contributed by atoms with E-state index in [1.807, 2.05) is 42.6 Å². The number of quaternary nitrogens is 1. The minimum Gasteiger partial charge on any atom is -0.457 e. The normalized spacial score (nSPS) is 25.9. The predicted molar refractivity (Wildman–Crippen MR) is 120 cm³/mol. The Hall–Kier alpha value is -2.24. The molecule has 1 saturated heterocycles. The first-order chi connectivity index (χ1) is 15.0. The second-order valence-corrected chi connectivity index (χ2v) is 9.55. The molecular weight excluding hydrogens is 388 g/mol. The highest BCUT2D eigenvalue weighted by molar-refractivity contribution is 5.81. The van der Waals surface area contributed by atoms with Crippen LogP contribution in [-0.4, -0.2) is 53.3 Å². The van der Waals surface area contributed by atoms with Crippen molar-refractivity contribution in [2.75, 3.05) is 26.7 Å². The number of ether oxygens (including phenoxy) is 1. The topological polar surface area (TPSA) is 59.4 Å². The van der Waals surface area contributed by atoms with Crippen molar-refractivity contribution >= 4 is 5.97 Å². The van der Waals surface area contributed by atoms with E-state index in [9.17, 15) is 9.90 Å². The molecular formula is C26H35N2O3+. The molecule has 166 valence electrons. The molecule has 2 heterocycles. The maximum atomic E-state index is 13.3. The summed E-state index contributed by atoms with van der Waals surface area (Å²) in [5.41, 5.74) is 0.353. The number of likely N-dealkylation sites (N-methyl/N-ethyl adjacent to an activating group) is 1. The number of nitrogens with zero attached hydrogens (tertiary/aromatic N) is 2. The highest BCUT2D eigenvalue weighted by Crippen LogP contribution is 2.41. The standard InChI is InChI=1S/C26H35N2O3/c1-28(18-15-21-9-7-16-27-19-21)17-8-14-24(28)20-31-25(29)26(30,23-12-5-6-13-23)22-10-3-2-4-11-22/h2-4,7,9-11,16,19,23-24,30H,5-6,8,12-15,17-18,20H2,1H3/q+1/t24-,26?,28?/m1/s1. The Morgan fingerprint density at radius 1 is 1.13 bits per heavy atom. The molecule has 31 heavy (non-hydrogen) atoms. The highest BCUT2D eigenvalue weighted by Gasteiger charge is 2.48. The maximum absolute atomic E-state index is 13.3. The van der Waals surface area contributed by atoms with Gasteiger partial charge in [-0.25, -0.2) is 4.79 Å². The van der Waals surface area contributed by atoms with Crippen LogP contribution in [0.5, 0.6) is 0 Å². The quantitative estimate of drug-likeness (QED) is 0.517. The zero-order valence-electron chi connectivity index (χ0n) is 18.6. The van der Waals surface area contributed by atoms with E-state index >= 15 is 0 Å². The molecule has 0 spiro atoms. The molecule has 1 saturated carbocycles. The van der Waals surface area contributed by atoms with Gasteiger partial charge >= 0.3 is 5.97 Å². The van der Waals surface area contributed by atoms with Crippen molar-refractivity contribution in [1.29, 1.82) is 0 Å². The molecule has 2 unspecified atom stereocenters. The van der Waals surface area contributed by atoms with Crippen LogP contribution in [0.15, 0.2) is 54.9 Å². The number of hydrogen-bond acceptors (Lipinski definition) is 4. The molecule has 2 fully saturated rings. The summed E-state index contributed by atoms with van der Waals surface area (Å²) in [7, 11) is 2.27. The smallest absolute Gasteiger partial charge is 0.343 e. The molecule has 2 aromatic rings. The second kappa shape index (κ2) is 9.49. The van der Waals surface area contributed by atoms with E-state index in [4.69, 9.17) is 4.74 Å². The van der Waals surface area contributed by atoms with Gasteiger partial charge in [0.15, 0.2) is 5.60 Å². The number of esters is 1. The van der Waals surface area contributed by atoms with E-state index in [0.29, 0.717) is 12.2 Å². The van der Waals surface area contributed by atoms with E-state index in [0.717, 1.165) is 62.5 Å². The lowest BCUT2D eigenvalue weighted by molar-refractivity contribution is -0.921. The van der Waals surface area contributed by atoms with Gasteiger partial charge in [-0.2, -0.15) is 0 Å². The second-order valence-electron chi connectivity index (χ2n) is 9.55. The number of aliphatic hydroxyl groups is 1. The highest BCUT2D eigenvalue weighted by atomic mass is 16.6. The summed E-state index contributed by atoms with van der Waals surface area (Å²) in [6.07, 6.45) is 10.7. The Kier molecular flexibility index (Phi) is 6.73. The molecule has 0 amide bonds. The third-order valence-electron chi connectivity index (χ3n) is 7.60. The Morgan fingerprint density at radius 2 is 1.90 bits per heavy atom. The summed E-state index contributed by atoms with van der Waals surface area (Å²) < 4.78 is 6.79. The van der Waals surface area contributed by atoms with Crippen LogP contribution in [0.4, 0.5) is 0 Å². The van der Waals surface area contributed by atoms with Gasteiger partial charge in [0.25, 0.3) is 0 Å². The zero-order valence-corrected chi connectivity index (χ0v) is 18.6. The van der Waals surface area contributed by atoms with Crippen LogP contribution in [0.3, 0.4) is 0 Å². The third-order valence-corrected chi connectivity index (χ3v) is 7.60. The first-order valence-electron chi connectivity index (χ1n) is 11.7.